The van der Waals surface area contributed by atoms with Crippen LogP contribution in [0.15, 0.2) is 47.5 Å². The highest BCUT2D eigenvalue weighted by Gasteiger charge is 2.14. The molecule has 0 fully saturated rings. The first-order valence-electron chi connectivity index (χ1n) is 9.16. The molecule has 3 aromatic rings. The summed E-state index contributed by atoms with van der Waals surface area (Å²) in [4.78, 5) is 17.2. The van der Waals surface area contributed by atoms with E-state index in [1.54, 1.807) is 42.7 Å². The normalized spacial score (nSPS) is 13.1. The van der Waals surface area contributed by atoms with E-state index >= 15 is 0 Å². The van der Waals surface area contributed by atoms with Crippen molar-refractivity contribution in [1.29, 1.82) is 5.26 Å². The second-order valence-corrected chi connectivity index (χ2v) is 6.80. The van der Waals surface area contributed by atoms with Crippen molar-refractivity contribution in [1.82, 2.24) is 20.1 Å². The van der Waals surface area contributed by atoms with Crippen LogP contribution in [0.4, 0.5) is 0 Å². The Labute approximate surface area is 163 Å². The molecule has 0 aliphatic heterocycles. The molecule has 3 rings (SSSR count). The first-order chi connectivity index (χ1) is 13.4. The van der Waals surface area contributed by atoms with Crippen molar-refractivity contribution in [3.63, 3.8) is 0 Å². The number of aliphatic hydroxyl groups is 1. The maximum atomic E-state index is 12.8. The number of aromatic amines is 1. The maximum Gasteiger partial charge on any atom is 0.280 e. The van der Waals surface area contributed by atoms with Gasteiger partial charge in [0.25, 0.3) is 5.56 Å². The first kappa shape index (κ1) is 19.5. The first-order valence-corrected chi connectivity index (χ1v) is 9.16. The van der Waals surface area contributed by atoms with E-state index in [0.29, 0.717) is 22.5 Å². The number of nitrogens with one attached hydrogen (secondary N) is 2. The molecule has 7 heteroatoms. The molecule has 1 aromatic carbocycles. The molecule has 0 radical (unpaired) electrons. The van der Waals surface area contributed by atoms with Crippen LogP contribution in [0, 0.1) is 18.3 Å². The summed E-state index contributed by atoms with van der Waals surface area (Å²) < 4.78 is 1.35. The fourth-order valence-electron chi connectivity index (χ4n) is 2.94. The Morgan fingerprint density at radius 3 is 2.71 bits per heavy atom. The lowest BCUT2D eigenvalue weighted by Gasteiger charge is -2.17. The SMILES string of the molecule is CC[C@@H](C)NC(O)c1ccc(-n2[nH]cc(-c3ccc(C#N)cc3C)c2=O)nc1. The zero-order valence-electron chi connectivity index (χ0n) is 16.1. The van der Waals surface area contributed by atoms with Crippen molar-refractivity contribution in [2.24, 2.45) is 0 Å². The molecule has 0 aliphatic carbocycles. The van der Waals surface area contributed by atoms with Crippen LogP contribution in [0.2, 0.25) is 0 Å². The van der Waals surface area contributed by atoms with Gasteiger partial charge < -0.3 is 5.11 Å². The number of hydrogen-bond donors (Lipinski definition) is 3. The zero-order valence-corrected chi connectivity index (χ0v) is 16.1. The van der Waals surface area contributed by atoms with Gasteiger partial charge in [-0.1, -0.05) is 13.0 Å². The average Bonchev–Trinajstić information content (AvgIpc) is 3.08. The Hall–Kier alpha value is -3.21. The molecule has 0 amide bonds. The van der Waals surface area contributed by atoms with Gasteiger partial charge in [-0.15, -0.1) is 0 Å². The molecule has 0 saturated carbocycles. The highest BCUT2D eigenvalue weighted by molar-refractivity contribution is 5.67. The predicted molar refractivity (Wildman–Crippen MR) is 107 cm³/mol. The lowest BCUT2D eigenvalue weighted by atomic mass is 10.0. The molecule has 28 heavy (non-hydrogen) atoms. The van der Waals surface area contributed by atoms with E-state index in [1.807, 2.05) is 20.8 Å². The third kappa shape index (κ3) is 3.88. The lowest BCUT2D eigenvalue weighted by Crippen LogP contribution is -2.29. The minimum absolute atomic E-state index is 0.180. The van der Waals surface area contributed by atoms with Gasteiger partial charge in [0.1, 0.15) is 6.23 Å². The van der Waals surface area contributed by atoms with Crippen molar-refractivity contribution in [2.75, 3.05) is 0 Å². The van der Waals surface area contributed by atoms with Crippen LogP contribution in [0.25, 0.3) is 16.9 Å². The Bertz CT molecular complexity index is 1060. The Kier molecular flexibility index (Phi) is 5.73. The minimum Gasteiger partial charge on any atom is -0.374 e. The molecule has 7 nitrogen and oxygen atoms in total. The number of aromatic nitrogens is 3. The van der Waals surface area contributed by atoms with Crippen molar-refractivity contribution < 1.29 is 5.11 Å². The van der Waals surface area contributed by atoms with Gasteiger partial charge in [-0.05, 0) is 55.7 Å². The molecule has 2 atom stereocenters. The fraction of sp³-hybridized carbons (Fsp3) is 0.286. The molecule has 2 aromatic heterocycles. The zero-order chi connectivity index (χ0) is 20.3. The standard InChI is InChI=1S/C21H23N5O2/c1-4-14(3)25-20(27)16-6-8-19(23-11-16)26-21(28)18(12-24-26)17-7-5-15(10-22)9-13(17)2/h5-9,11-12,14,20,24-25,27H,4H2,1-3H3/t14-,20?/m1/s1. The molecule has 0 spiro atoms. The van der Waals surface area contributed by atoms with Crippen LogP contribution in [0.3, 0.4) is 0 Å². The number of nitrogens with zero attached hydrogens (tertiary/aromatic N) is 3. The number of aliphatic hydroxyl groups excluding tert-OH is 1. The van der Waals surface area contributed by atoms with Gasteiger partial charge in [0.2, 0.25) is 0 Å². The van der Waals surface area contributed by atoms with Gasteiger partial charge in [-0.3, -0.25) is 15.2 Å². The maximum absolute atomic E-state index is 12.8. The third-order valence-electron chi connectivity index (χ3n) is 4.79. The van der Waals surface area contributed by atoms with Crippen LogP contribution in [-0.2, 0) is 0 Å². The molecule has 0 saturated heterocycles. The van der Waals surface area contributed by atoms with Crippen LogP contribution in [0.1, 0.15) is 43.2 Å². The van der Waals surface area contributed by atoms with Crippen LogP contribution >= 0.6 is 0 Å². The number of hydrogen-bond acceptors (Lipinski definition) is 5. The molecule has 3 N–H and O–H groups in total. The number of aryl methyl sites for hydroxylation is 1. The van der Waals surface area contributed by atoms with Crippen LogP contribution in [0.5, 0.6) is 0 Å². The highest BCUT2D eigenvalue weighted by Crippen LogP contribution is 2.21. The van der Waals surface area contributed by atoms with E-state index in [2.05, 4.69) is 21.5 Å². The van der Waals surface area contributed by atoms with Gasteiger partial charge in [-0.2, -0.15) is 5.26 Å². The fourth-order valence-corrected chi connectivity index (χ4v) is 2.94. The van der Waals surface area contributed by atoms with E-state index in [9.17, 15) is 9.90 Å². The Morgan fingerprint density at radius 2 is 2.11 bits per heavy atom. The summed E-state index contributed by atoms with van der Waals surface area (Å²) in [6.07, 6.45) is 3.27. The highest BCUT2D eigenvalue weighted by atomic mass is 16.3. The second-order valence-electron chi connectivity index (χ2n) is 6.80. The topological polar surface area (TPSA) is 107 Å². The molecule has 2 heterocycles. The van der Waals surface area contributed by atoms with E-state index in [0.717, 1.165) is 17.5 Å². The van der Waals surface area contributed by atoms with E-state index in [4.69, 9.17) is 5.26 Å². The summed E-state index contributed by atoms with van der Waals surface area (Å²) >= 11 is 0. The summed E-state index contributed by atoms with van der Waals surface area (Å²) in [5.41, 5.74) is 3.08. The van der Waals surface area contributed by atoms with E-state index in [1.165, 1.54) is 4.68 Å². The van der Waals surface area contributed by atoms with Gasteiger partial charge in [-0.25, -0.2) is 9.67 Å². The summed E-state index contributed by atoms with van der Waals surface area (Å²) in [5.74, 6) is 0.432. The number of pyridine rings is 1. The van der Waals surface area contributed by atoms with E-state index < -0.39 is 6.23 Å². The largest absolute Gasteiger partial charge is 0.374 e. The molecule has 0 aliphatic rings. The van der Waals surface area contributed by atoms with Crippen molar-refractivity contribution in [3.05, 3.63) is 69.8 Å². The molecular formula is C21H23N5O2. The molecule has 0 bridgehead atoms. The predicted octanol–water partition coefficient (Wildman–Crippen LogP) is 2.79. The van der Waals surface area contributed by atoms with Crippen molar-refractivity contribution in [2.45, 2.75) is 39.5 Å². The number of rotatable bonds is 6. The third-order valence-corrected chi connectivity index (χ3v) is 4.79. The van der Waals surface area contributed by atoms with Gasteiger partial charge in [0.15, 0.2) is 5.82 Å². The minimum atomic E-state index is -0.811. The number of nitriles is 1. The average molecular weight is 377 g/mol. The summed E-state index contributed by atoms with van der Waals surface area (Å²) in [6.45, 7) is 5.90. The Balaban J connectivity index is 1.88. The van der Waals surface area contributed by atoms with E-state index in [-0.39, 0.29) is 11.6 Å². The van der Waals surface area contributed by atoms with Gasteiger partial charge in [0, 0.05) is 24.0 Å². The quantitative estimate of drug-likeness (QED) is 0.573. The number of benzene rings is 1. The van der Waals surface area contributed by atoms with Gasteiger partial charge >= 0.3 is 0 Å². The molecular weight excluding hydrogens is 354 g/mol. The molecule has 144 valence electrons. The van der Waals surface area contributed by atoms with Crippen LogP contribution in [-0.4, -0.2) is 25.9 Å². The van der Waals surface area contributed by atoms with Crippen molar-refractivity contribution in [3.8, 4) is 23.0 Å². The summed E-state index contributed by atoms with van der Waals surface area (Å²) in [6, 6.07) is 10.9. The second kappa shape index (κ2) is 8.21. The Morgan fingerprint density at radius 1 is 1.32 bits per heavy atom. The number of H-pyrrole nitrogens is 1. The molecule has 1 unspecified atom stereocenters. The smallest absolute Gasteiger partial charge is 0.280 e. The monoisotopic (exact) mass is 377 g/mol. The van der Waals surface area contributed by atoms with Crippen molar-refractivity contribution >= 4 is 0 Å². The van der Waals surface area contributed by atoms with Gasteiger partial charge in [0.05, 0.1) is 17.2 Å². The summed E-state index contributed by atoms with van der Waals surface area (Å²) in [5, 5.41) is 25.2. The lowest BCUT2D eigenvalue weighted by molar-refractivity contribution is 0.125. The summed E-state index contributed by atoms with van der Waals surface area (Å²) in [7, 11) is 0. The van der Waals surface area contributed by atoms with Crippen LogP contribution < -0.4 is 10.9 Å².